The number of hydrogen-bond donors (Lipinski definition) is 2. The van der Waals surface area contributed by atoms with Crippen LogP contribution < -0.4 is 10.6 Å². The molecule has 2 saturated heterocycles. The zero-order chi connectivity index (χ0) is 9.97. The van der Waals surface area contributed by atoms with Crippen LogP contribution in [0.4, 0.5) is 0 Å². The van der Waals surface area contributed by atoms with Crippen LogP contribution in [0.1, 0.15) is 0 Å². The topological polar surface area (TPSA) is 53.6 Å². The monoisotopic (exact) mass is 235 g/mol. The van der Waals surface area contributed by atoms with Gasteiger partial charge in [0.15, 0.2) is 0 Å². The largest absolute Gasteiger partial charge is 0.373 e. The molecule has 5 nitrogen and oxygen atoms in total. The Balaban J connectivity index is 0.00000112. The first-order chi connectivity index (χ1) is 6.83. The van der Waals surface area contributed by atoms with E-state index in [1.807, 2.05) is 4.90 Å². The molecular formula is C9H18ClN3O2. The fourth-order valence-electron chi connectivity index (χ4n) is 2.15. The summed E-state index contributed by atoms with van der Waals surface area (Å²) in [6.07, 6.45) is 0.199. The van der Waals surface area contributed by atoms with Gasteiger partial charge in [0.05, 0.1) is 25.3 Å². The Morgan fingerprint density at radius 2 is 2.40 bits per heavy atom. The molecule has 88 valence electrons. The first-order valence-electron chi connectivity index (χ1n) is 5.09. The Kier molecular flexibility index (Phi) is 4.79. The molecule has 0 aromatic carbocycles. The van der Waals surface area contributed by atoms with E-state index < -0.39 is 0 Å². The number of fused-ring (bicyclic) bond motifs is 1. The smallest absolute Gasteiger partial charge is 0.236 e. The second kappa shape index (κ2) is 5.65. The third kappa shape index (κ3) is 2.60. The Morgan fingerprint density at radius 3 is 3.13 bits per heavy atom. The number of likely N-dealkylation sites (N-methyl/N-ethyl adjacent to an activating group) is 1. The van der Waals surface area contributed by atoms with Crippen molar-refractivity contribution < 1.29 is 9.53 Å². The minimum absolute atomic E-state index is 0. The molecule has 0 saturated carbocycles. The maximum Gasteiger partial charge on any atom is 0.236 e. The van der Waals surface area contributed by atoms with Crippen LogP contribution in [0, 0.1) is 0 Å². The Hall–Kier alpha value is -0.360. The molecule has 15 heavy (non-hydrogen) atoms. The van der Waals surface area contributed by atoms with Crippen molar-refractivity contribution in [1.82, 2.24) is 15.5 Å². The highest BCUT2D eigenvalue weighted by atomic mass is 35.5. The Labute approximate surface area is 95.9 Å². The van der Waals surface area contributed by atoms with Crippen LogP contribution in [0.25, 0.3) is 0 Å². The molecule has 0 spiro atoms. The third-order valence-electron chi connectivity index (χ3n) is 2.84. The maximum absolute atomic E-state index is 11.7. The Morgan fingerprint density at radius 1 is 1.60 bits per heavy atom. The van der Waals surface area contributed by atoms with Crippen molar-refractivity contribution in [2.45, 2.75) is 12.1 Å². The molecule has 2 aliphatic rings. The number of nitrogens with one attached hydrogen (secondary N) is 2. The van der Waals surface area contributed by atoms with Crippen LogP contribution >= 0.6 is 12.4 Å². The molecule has 0 aromatic heterocycles. The van der Waals surface area contributed by atoms with Crippen LogP contribution in [-0.4, -0.2) is 62.8 Å². The number of halogens is 1. The molecule has 0 radical (unpaired) electrons. The van der Waals surface area contributed by atoms with Crippen molar-refractivity contribution in [3.63, 3.8) is 0 Å². The average Bonchev–Trinajstić information content (AvgIpc) is 2.65. The minimum atomic E-state index is 0. The van der Waals surface area contributed by atoms with Crippen molar-refractivity contribution in [3.8, 4) is 0 Å². The van der Waals surface area contributed by atoms with Gasteiger partial charge in [-0.05, 0) is 7.05 Å². The molecule has 0 aromatic rings. The van der Waals surface area contributed by atoms with E-state index in [-0.39, 0.29) is 30.5 Å². The predicted octanol–water partition coefficient (Wildman–Crippen LogP) is -1.17. The van der Waals surface area contributed by atoms with E-state index in [1.165, 1.54) is 0 Å². The van der Waals surface area contributed by atoms with Gasteiger partial charge in [-0.2, -0.15) is 0 Å². The molecule has 2 N–H and O–H groups in total. The molecule has 2 heterocycles. The van der Waals surface area contributed by atoms with Crippen molar-refractivity contribution in [2.24, 2.45) is 0 Å². The lowest BCUT2D eigenvalue weighted by molar-refractivity contribution is -0.141. The van der Waals surface area contributed by atoms with Crippen LogP contribution in [0.3, 0.4) is 0 Å². The lowest BCUT2D eigenvalue weighted by atomic mass is 10.1. The molecular weight excluding hydrogens is 218 g/mol. The van der Waals surface area contributed by atoms with Gasteiger partial charge in [0, 0.05) is 19.6 Å². The molecule has 0 aliphatic carbocycles. The normalized spacial score (nSPS) is 29.5. The van der Waals surface area contributed by atoms with Crippen molar-refractivity contribution in [1.29, 1.82) is 0 Å². The number of carbonyl (C=O) groups is 1. The maximum atomic E-state index is 11.7. The van der Waals surface area contributed by atoms with Crippen molar-refractivity contribution in [2.75, 3.05) is 39.8 Å². The van der Waals surface area contributed by atoms with E-state index in [0.29, 0.717) is 13.2 Å². The van der Waals surface area contributed by atoms with Crippen LogP contribution in [0.5, 0.6) is 0 Å². The van der Waals surface area contributed by atoms with Gasteiger partial charge < -0.3 is 20.3 Å². The van der Waals surface area contributed by atoms with Crippen molar-refractivity contribution >= 4 is 18.3 Å². The number of rotatable bonds is 2. The SMILES string of the molecule is CNCC(=O)N1CCO[C@H]2CNC[C@H]21.Cl. The van der Waals surface area contributed by atoms with Crippen LogP contribution in [0.15, 0.2) is 0 Å². The second-order valence-electron chi connectivity index (χ2n) is 3.75. The molecule has 0 bridgehead atoms. The van der Waals surface area contributed by atoms with E-state index in [9.17, 15) is 4.79 Å². The summed E-state index contributed by atoms with van der Waals surface area (Å²) in [5.41, 5.74) is 0. The predicted molar refractivity (Wildman–Crippen MR) is 59.3 cm³/mol. The summed E-state index contributed by atoms with van der Waals surface area (Å²) in [4.78, 5) is 13.7. The molecule has 2 aliphatic heterocycles. The van der Waals surface area contributed by atoms with E-state index in [2.05, 4.69) is 10.6 Å². The lowest BCUT2D eigenvalue weighted by Crippen LogP contribution is -2.54. The molecule has 1 amide bonds. The van der Waals surface area contributed by atoms with Crippen LogP contribution in [-0.2, 0) is 9.53 Å². The number of ether oxygens (including phenoxy) is 1. The lowest BCUT2D eigenvalue weighted by Gasteiger charge is -2.36. The molecule has 2 atom stereocenters. The van der Waals surface area contributed by atoms with Gasteiger partial charge >= 0.3 is 0 Å². The minimum Gasteiger partial charge on any atom is -0.373 e. The highest BCUT2D eigenvalue weighted by molar-refractivity contribution is 5.85. The molecule has 2 fully saturated rings. The third-order valence-corrected chi connectivity index (χ3v) is 2.84. The van der Waals surface area contributed by atoms with E-state index in [1.54, 1.807) is 7.05 Å². The number of carbonyl (C=O) groups excluding carboxylic acids is 1. The summed E-state index contributed by atoms with van der Waals surface area (Å²) in [5.74, 6) is 0.175. The highest BCUT2D eigenvalue weighted by Crippen LogP contribution is 2.17. The van der Waals surface area contributed by atoms with Gasteiger partial charge in [0.25, 0.3) is 0 Å². The van der Waals surface area contributed by atoms with Gasteiger partial charge in [-0.25, -0.2) is 0 Å². The Bertz CT molecular complexity index is 227. The molecule has 2 rings (SSSR count). The average molecular weight is 236 g/mol. The van der Waals surface area contributed by atoms with Gasteiger partial charge in [-0.1, -0.05) is 0 Å². The zero-order valence-corrected chi connectivity index (χ0v) is 9.68. The van der Waals surface area contributed by atoms with Gasteiger partial charge in [-0.15, -0.1) is 12.4 Å². The summed E-state index contributed by atoms with van der Waals surface area (Å²) < 4.78 is 5.58. The van der Waals surface area contributed by atoms with Gasteiger partial charge in [-0.3, -0.25) is 4.79 Å². The molecule has 6 heteroatoms. The summed E-state index contributed by atoms with van der Waals surface area (Å²) in [6.45, 7) is 3.54. The first kappa shape index (κ1) is 12.7. The zero-order valence-electron chi connectivity index (χ0n) is 8.86. The fourth-order valence-corrected chi connectivity index (χ4v) is 2.15. The van der Waals surface area contributed by atoms with Crippen LogP contribution in [0.2, 0.25) is 0 Å². The van der Waals surface area contributed by atoms with Gasteiger partial charge in [0.1, 0.15) is 0 Å². The first-order valence-corrected chi connectivity index (χ1v) is 5.09. The highest BCUT2D eigenvalue weighted by Gasteiger charge is 2.37. The summed E-state index contributed by atoms with van der Waals surface area (Å²) in [5, 5.41) is 6.14. The van der Waals surface area contributed by atoms with E-state index in [4.69, 9.17) is 4.74 Å². The quantitative estimate of drug-likeness (QED) is 0.633. The van der Waals surface area contributed by atoms with Gasteiger partial charge in [0.2, 0.25) is 5.91 Å². The fraction of sp³-hybridized carbons (Fsp3) is 0.889. The number of morpholine rings is 1. The van der Waals surface area contributed by atoms with E-state index >= 15 is 0 Å². The standard InChI is InChI=1S/C9H17N3O2.ClH/c1-10-6-9(13)12-2-3-14-8-5-11-4-7(8)12;/h7-8,10-11H,2-6H2,1H3;1H/t7-,8+;/m1./s1. The molecule has 0 unspecified atom stereocenters. The number of amides is 1. The number of hydrogen-bond acceptors (Lipinski definition) is 4. The number of nitrogens with zero attached hydrogens (tertiary/aromatic N) is 1. The van der Waals surface area contributed by atoms with Crippen molar-refractivity contribution in [3.05, 3.63) is 0 Å². The summed E-state index contributed by atoms with van der Waals surface area (Å²) in [7, 11) is 1.79. The second-order valence-corrected chi connectivity index (χ2v) is 3.75. The van der Waals surface area contributed by atoms with E-state index in [0.717, 1.165) is 19.6 Å². The summed E-state index contributed by atoms with van der Waals surface area (Å²) >= 11 is 0. The summed E-state index contributed by atoms with van der Waals surface area (Å²) in [6, 6.07) is 0.240.